The first-order chi connectivity index (χ1) is 11.0. The number of hydrogen-bond donors (Lipinski definition) is 1. The van der Waals surface area contributed by atoms with E-state index in [1.54, 1.807) is 12.4 Å². The number of ether oxygens (including phenoxy) is 2. The molecule has 1 saturated carbocycles. The maximum atomic E-state index is 11.9. The van der Waals surface area contributed by atoms with Gasteiger partial charge >= 0.3 is 0 Å². The van der Waals surface area contributed by atoms with Crippen LogP contribution in [-0.2, 0) is 10.0 Å². The number of hydrogen-bond acceptors (Lipinski definition) is 6. The van der Waals surface area contributed by atoms with Crippen molar-refractivity contribution in [2.24, 2.45) is 0 Å². The van der Waals surface area contributed by atoms with E-state index in [9.17, 15) is 8.42 Å². The molecule has 0 aromatic carbocycles. The smallest absolute Gasteiger partial charge is 0.278 e. The molecule has 0 unspecified atom stereocenters. The van der Waals surface area contributed by atoms with Gasteiger partial charge in [-0.05, 0) is 32.1 Å². The van der Waals surface area contributed by atoms with Crippen LogP contribution in [0.2, 0.25) is 0 Å². The molecule has 1 aromatic heterocycles. The summed E-state index contributed by atoms with van der Waals surface area (Å²) in [6.07, 6.45) is 7.77. The molecular formula is C15H25N3O4S. The van der Waals surface area contributed by atoms with Crippen LogP contribution in [0, 0.1) is 0 Å². The van der Waals surface area contributed by atoms with Crippen LogP contribution in [-0.4, -0.2) is 43.4 Å². The first kappa shape index (κ1) is 17.9. The van der Waals surface area contributed by atoms with Crippen molar-refractivity contribution in [2.45, 2.75) is 57.6 Å². The Morgan fingerprint density at radius 1 is 1.17 bits per heavy atom. The predicted molar refractivity (Wildman–Crippen MR) is 87.1 cm³/mol. The van der Waals surface area contributed by atoms with Crippen molar-refractivity contribution < 1.29 is 17.9 Å². The topological polar surface area (TPSA) is 90.4 Å². The molecule has 1 aliphatic carbocycles. The molecule has 1 aromatic rings. The molecule has 1 heterocycles. The third-order valence-corrected chi connectivity index (χ3v) is 5.41. The Morgan fingerprint density at radius 3 is 2.43 bits per heavy atom. The lowest BCUT2D eigenvalue weighted by atomic mass is 9.94. The van der Waals surface area contributed by atoms with Gasteiger partial charge in [0, 0.05) is 18.4 Å². The fourth-order valence-electron chi connectivity index (χ4n) is 2.64. The Morgan fingerprint density at radius 2 is 1.83 bits per heavy atom. The summed E-state index contributed by atoms with van der Waals surface area (Å²) < 4.78 is 37.6. The van der Waals surface area contributed by atoms with Gasteiger partial charge in [-0.2, -0.15) is 0 Å². The molecule has 7 nitrogen and oxygen atoms in total. The third kappa shape index (κ3) is 5.62. The van der Waals surface area contributed by atoms with E-state index >= 15 is 0 Å². The third-order valence-electron chi connectivity index (χ3n) is 3.89. The number of aromatic nitrogens is 2. The van der Waals surface area contributed by atoms with E-state index < -0.39 is 10.0 Å². The lowest BCUT2D eigenvalue weighted by molar-refractivity contribution is 0.132. The van der Waals surface area contributed by atoms with Crippen LogP contribution >= 0.6 is 0 Å². The van der Waals surface area contributed by atoms with E-state index in [0.717, 1.165) is 32.1 Å². The highest BCUT2D eigenvalue weighted by molar-refractivity contribution is 7.89. The number of rotatable bonds is 8. The van der Waals surface area contributed by atoms with Crippen molar-refractivity contribution in [3.8, 4) is 11.8 Å². The van der Waals surface area contributed by atoms with E-state index in [1.165, 1.54) is 7.11 Å². The van der Waals surface area contributed by atoms with E-state index in [0.29, 0.717) is 18.2 Å². The molecule has 0 atom stereocenters. The van der Waals surface area contributed by atoms with Gasteiger partial charge in [0.05, 0.1) is 12.9 Å². The summed E-state index contributed by atoms with van der Waals surface area (Å²) >= 11 is 0. The number of nitrogens with zero attached hydrogens (tertiary/aromatic N) is 2. The van der Waals surface area contributed by atoms with Crippen LogP contribution in [0.25, 0.3) is 0 Å². The van der Waals surface area contributed by atoms with Crippen molar-refractivity contribution in [1.29, 1.82) is 0 Å². The number of sulfonamides is 1. The minimum Gasteiger partial charge on any atom is -0.477 e. The van der Waals surface area contributed by atoms with Gasteiger partial charge in [-0.25, -0.2) is 23.1 Å². The van der Waals surface area contributed by atoms with Crippen molar-refractivity contribution in [3.05, 3.63) is 12.4 Å². The molecule has 0 spiro atoms. The highest BCUT2D eigenvalue weighted by atomic mass is 32.2. The number of unbranched alkanes of at least 4 members (excludes halogenated alkanes) is 1. The van der Waals surface area contributed by atoms with Crippen molar-refractivity contribution in [1.82, 2.24) is 14.7 Å². The van der Waals surface area contributed by atoms with E-state index in [-0.39, 0.29) is 17.9 Å². The van der Waals surface area contributed by atoms with Crippen LogP contribution in [0.1, 0.15) is 45.4 Å². The molecule has 0 saturated heterocycles. The Kier molecular flexibility index (Phi) is 6.59. The second-order valence-corrected chi connectivity index (χ2v) is 7.63. The van der Waals surface area contributed by atoms with Gasteiger partial charge in [-0.15, -0.1) is 0 Å². The monoisotopic (exact) mass is 343 g/mol. The summed E-state index contributed by atoms with van der Waals surface area (Å²) in [7, 11) is -1.64. The van der Waals surface area contributed by atoms with Gasteiger partial charge in [0.25, 0.3) is 11.8 Å². The maximum absolute atomic E-state index is 11.9. The maximum Gasteiger partial charge on any atom is 0.278 e. The van der Waals surface area contributed by atoms with Gasteiger partial charge in [0.15, 0.2) is 0 Å². The quantitative estimate of drug-likeness (QED) is 0.775. The average Bonchev–Trinajstić information content (AvgIpc) is 2.55. The molecule has 1 fully saturated rings. The number of methoxy groups -OCH3 is 1. The fourth-order valence-corrected chi connectivity index (χ4v) is 4.17. The van der Waals surface area contributed by atoms with Gasteiger partial charge in [0.1, 0.15) is 6.10 Å². The van der Waals surface area contributed by atoms with E-state index in [4.69, 9.17) is 9.47 Å². The van der Waals surface area contributed by atoms with Crippen LogP contribution in [0.15, 0.2) is 12.4 Å². The van der Waals surface area contributed by atoms with Crippen LogP contribution < -0.4 is 14.2 Å². The molecule has 0 bridgehead atoms. The SMILES string of the molecule is CCCCS(=O)(=O)NC1CCC(Oc2nccnc2OC)CC1. The summed E-state index contributed by atoms with van der Waals surface area (Å²) in [5, 5.41) is 0. The van der Waals surface area contributed by atoms with E-state index in [1.807, 2.05) is 6.92 Å². The minimum absolute atomic E-state index is 0.000425. The summed E-state index contributed by atoms with van der Waals surface area (Å²) in [6, 6.07) is 0.000425. The molecule has 23 heavy (non-hydrogen) atoms. The summed E-state index contributed by atoms with van der Waals surface area (Å²) in [5.41, 5.74) is 0. The average molecular weight is 343 g/mol. The van der Waals surface area contributed by atoms with Gasteiger partial charge < -0.3 is 9.47 Å². The first-order valence-electron chi connectivity index (χ1n) is 8.05. The van der Waals surface area contributed by atoms with Crippen molar-refractivity contribution >= 4 is 10.0 Å². The fraction of sp³-hybridized carbons (Fsp3) is 0.733. The summed E-state index contributed by atoms with van der Waals surface area (Å²) in [5.74, 6) is 0.966. The minimum atomic E-state index is -3.16. The predicted octanol–water partition coefficient (Wildman–Crippen LogP) is 1.89. The molecule has 0 aliphatic heterocycles. The summed E-state index contributed by atoms with van der Waals surface area (Å²) in [4.78, 5) is 8.19. The lowest BCUT2D eigenvalue weighted by Gasteiger charge is -2.29. The zero-order chi connectivity index (χ0) is 16.7. The molecular weight excluding hydrogens is 318 g/mol. The summed E-state index contributed by atoms with van der Waals surface area (Å²) in [6.45, 7) is 1.98. The second-order valence-electron chi connectivity index (χ2n) is 5.75. The van der Waals surface area contributed by atoms with Crippen LogP contribution in [0.4, 0.5) is 0 Å². The molecule has 2 rings (SSSR count). The standard InChI is InChI=1S/C15H25N3O4S/c1-3-4-11-23(19,20)18-12-5-7-13(8-6-12)22-15-14(21-2)16-9-10-17-15/h9-10,12-13,18H,3-8,11H2,1-2H3. The first-order valence-corrected chi connectivity index (χ1v) is 9.71. The van der Waals surface area contributed by atoms with Gasteiger partial charge in [-0.1, -0.05) is 13.3 Å². The number of nitrogens with one attached hydrogen (secondary N) is 1. The van der Waals surface area contributed by atoms with Crippen molar-refractivity contribution in [3.63, 3.8) is 0 Å². The highest BCUT2D eigenvalue weighted by Gasteiger charge is 2.26. The van der Waals surface area contributed by atoms with Gasteiger partial charge in [0.2, 0.25) is 10.0 Å². The Bertz CT molecular complexity index is 586. The van der Waals surface area contributed by atoms with Crippen molar-refractivity contribution in [2.75, 3.05) is 12.9 Å². The molecule has 130 valence electrons. The van der Waals surface area contributed by atoms with Gasteiger partial charge in [-0.3, -0.25) is 0 Å². The Balaban J connectivity index is 1.82. The Labute approximate surface area is 137 Å². The molecule has 0 amide bonds. The highest BCUT2D eigenvalue weighted by Crippen LogP contribution is 2.27. The molecule has 1 N–H and O–H groups in total. The molecule has 1 aliphatic rings. The Hall–Kier alpha value is -1.41. The van der Waals surface area contributed by atoms with Crippen LogP contribution in [0.3, 0.4) is 0 Å². The van der Waals surface area contributed by atoms with Crippen LogP contribution in [0.5, 0.6) is 11.8 Å². The zero-order valence-corrected chi connectivity index (χ0v) is 14.5. The zero-order valence-electron chi connectivity index (χ0n) is 13.7. The largest absolute Gasteiger partial charge is 0.477 e. The van der Waals surface area contributed by atoms with E-state index in [2.05, 4.69) is 14.7 Å². The normalized spacial score (nSPS) is 21.8. The molecule has 8 heteroatoms. The second kappa shape index (κ2) is 8.44. The lowest BCUT2D eigenvalue weighted by Crippen LogP contribution is -2.40. The molecule has 0 radical (unpaired) electrons.